The van der Waals surface area contributed by atoms with Crippen LogP contribution in [0.15, 0.2) is 42.9 Å². The van der Waals surface area contributed by atoms with Crippen molar-refractivity contribution >= 4 is 22.8 Å². The lowest BCUT2D eigenvalue weighted by Crippen LogP contribution is -2.41. The SMILES string of the molecule is O=C(O)c1cnn([C@H]2CCCN(C(=O)c3cccc4cc[nH]c34)C2)c1. The number of carboxylic acids is 1. The number of carboxylic acid groups (broad SMARTS) is 1. The van der Waals surface area contributed by atoms with Gasteiger partial charge in [0.15, 0.2) is 0 Å². The van der Waals surface area contributed by atoms with E-state index >= 15 is 0 Å². The third-order valence-corrected chi connectivity index (χ3v) is 4.72. The van der Waals surface area contributed by atoms with Gasteiger partial charge in [0.2, 0.25) is 0 Å². The van der Waals surface area contributed by atoms with Gasteiger partial charge in [-0.05, 0) is 25.0 Å². The Balaban J connectivity index is 1.57. The summed E-state index contributed by atoms with van der Waals surface area (Å²) in [6.07, 6.45) is 6.45. The number of fused-ring (bicyclic) bond motifs is 1. The zero-order chi connectivity index (χ0) is 17.4. The molecule has 0 spiro atoms. The second-order valence-electron chi connectivity index (χ2n) is 6.31. The fraction of sp³-hybridized carbons (Fsp3) is 0.278. The third-order valence-electron chi connectivity index (χ3n) is 4.72. The molecule has 25 heavy (non-hydrogen) atoms. The monoisotopic (exact) mass is 338 g/mol. The van der Waals surface area contributed by atoms with Crippen LogP contribution in [0.25, 0.3) is 10.9 Å². The minimum atomic E-state index is -0.992. The van der Waals surface area contributed by atoms with Gasteiger partial charge in [-0.2, -0.15) is 5.10 Å². The number of amides is 1. The van der Waals surface area contributed by atoms with Crippen molar-refractivity contribution in [2.45, 2.75) is 18.9 Å². The average molecular weight is 338 g/mol. The minimum absolute atomic E-state index is 0.00588. The number of carbonyl (C=O) groups excluding carboxylic acids is 1. The number of hydrogen-bond donors (Lipinski definition) is 2. The molecule has 1 saturated heterocycles. The van der Waals surface area contributed by atoms with Gasteiger partial charge in [-0.15, -0.1) is 0 Å². The highest BCUT2D eigenvalue weighted by atomic mass is 16.4. The van der Waals surface area contributed by atoms with E-state index in [2.05, 4.69) is 10.1 Å². The van der Waals surface area contributed by atoms with Gasteiger partial charge < -0.3 is 15.0 Å². The number of nitrogens with one attached hydrogen (secondary N) is 1. The van der Waals surface area contributed by atoms with E-state index in [4.69, 9.17) is 5.11 Å². The van der Waals surface area contributed by atoms with E-state index in [1.54, 1.807) is 4.68 Å². The number of aromatic amines is 1. The van der Waals surface area contributed by atoms with Crippen molar-refractivity contribution in [1.29, 1.82) is 0 Å². The Morgan fingerprint density at radius 2 is 2.16 bits per heavy atom. The lowest BCUT2D eigenvalue weighted by Gasteiger charge is -2.33. The van der Waals surface area contributed by atoms with Gasteiger partial charge >= 0.3 is 5.97 Å². The summed E-state index contributed by atoms with van der Waals surface area (Å²) in [5.41, 5.74) is 1.68. The van der Waals surface area contributed by atoms with Gasteiger partial charge in [0.25, 0.3) is 5.91 Å². The molecule has 0 unspecified atom stereocenters. The van der Waals surface area contributed by atoms with Crippen molar-refractivity contribution < 1.29 is 14.7 Å². The van der Waals surface area contributed by atoms with Crippen molar-refractivity contribution in [3.8, 4) is 0 Å². The van der Waals surface area contributed by atoms with Crippen molar-refractivity contribution in [3.63, 3.8) is 0 Å². The molecule has 0 aliphatic carbocycles. The lowest BCUT2D eigenvalue weighted by atomic mass is 10.0. The van der Waals surface area contributed by atoms with Crippen molar-refractivity contribution in [1.82, 2.24) is 19.7 Å². The van der Waals surface area contributed by atoms with Crippen molar-refractivity contribution in [3.05, 3.63) is 54.0 Å². The van der Waals surface area contributed by atoms with Gasteiger partial charge in [-0.25, -0.2) is 4.79 Å². The number of para-hydroxylation sites is 1. The fourth-order valence-corrected chi connectivity index (χ4v) is 3.44. The summed E-state index contributed by atoms with van der Waals surface area (Å²) < 4.78 is 1.66. The molecule has 7 nitrogen and oxygen atoms in total. The Kier molecular flexibility index (Phi) is 3.76. The van der Waals surface area contributed by atoms with E-state index in [9.17, 15) is 9.59 Å². The van der Waals surface area contributed by atoms with Crippen molar-refractivity contribution in [2.24, 2.45) is 0 Å². The number of aromatic carboxylic acids is 1. The van der Waals surface area contributed by atoms with Crippen LogP contribution in [-0.4, -0.2) is 49.7 Å². The molecule has 4 rings (SSSR count). The highest BCUT2D eigenvalue weighted by Gasteiger charge is 2.27. The van der Waals surface area contributed by atoms with Crippen LogP contribution in [0.5, 0.6) is 0 Å². The molecule has 3 aromatic rings. The van der Waals surface area contributed by atoms with Crippen LogP contribution in [0.2, 0.25) is 0 Å². The van der Waals surface area contributed by atoms with E-state index in [0.29, 0.717) is 18.7 Å². The molecular weight excluding hydrogens is 320 g/mol. The van der Waals surface area contributed by atoms with Gasteiger partial charge in [-0.3, -0.25) is 9.48 Å². The number of piperidine rings is 1. The second-order valence-corrected chi connectivity index (χ2v) is 6.31. The van der Waals surface area contributed by atoms with E-state index in [1.807, 2.05) is 35.4 Å². The summed E-state index contributed by atoms with van der Waals surface area (Å²) >= 11 is 0. The summed E-state index contributed by atoms with van der Waals surface area (Å²) in [6.45, 7) is 1.22. The maximum atomic E-state index is 13.0. The van der Waals surface area contributed by atoms with E-state index in [-0.39, 0.29) is 17.5 Å². The first-order chi connectivity index (χ1) is 12.1. The Morgan fingerprint density at radius 3 is 2.96 bits per heavy atom. The molecule has 1 atom stereocenters. The number of hydrogen-bond acceptors (Lipinski definition) is 3. The van der Waals surface area contributed by atoms with Crippen LogP contribution in [0.1, 0.15) is 39.6 Å². The maximum Gasteiger partial charge on any atom is 0.338 e. The van der Waals surface area contributed by atoms with Crippen LogP contribution in [0.4, 0.5) is 0 Å². The Bertz CT molecular complexity index is 943. The largest absolute Gasteiger partial charge is 0.478 e. The van der Waals surface area contributed by atoms with Gasteiger partial charge in [0, 0.05) is 30.9 Å². The highest BCUT2D eigenvalue weighted by Crippen LogP contribution is 2.25. The van der Waals surface area contributed by atoms with Crippen LogP contribution in [0.3, 0.4) is 0 Å². The summed E-state index contributed by atoms with van der Waals surface area (Å²) in [7, 11) is 0. The molecule has 2 N–H and O–H groups in total. The zero-order valence-electron chi connectivity index (χ0n) is 13.6. The quantitative estimate of drug-likeness (QED) is 0.768. The summed E-state index contributed by atoms with van der Waals surface area (Å²) in [4.78, 5) is 29.0. The molecule has 0 radical (unpaired) electrons. The molecule has 0 bridgehead atoms. The number of likely N-dealkylation sites (tertiary alicyclic amines) is 1. The third kappa shape index (κ3) is 2.77. The van der Waals surface area contributed by atoms with Crippen LogP contribution < -0.4 is 0 Å². The van der Waals surface area contributed by atoms with Crippen molar-refractivity contribution in [2.75, 3.05) is 13.1 Å². The molecule has 3 heterocycles. The molecule has 1 aromatic carbocycles. The van der Waals surface area contributed by atoms with Gasteiger partial charge in [0.05, 0.1) is 28.9 Å². The zero-order valence-corrected chi connectivity index (χ0v) is 13.6. The average Bonchev–Trinajstić information content (AvgIpc) is 3.30. The number of benzene rings is 1. The fourth-order valence-electron chi connectivity index (χ4n) is 3.44. The molecule has 128 valence electrons. The van der Waals surface area contributed by atoms with E-state index in [1.165, 1.54) is 12.4 Å². The summed E-state index contributed by atoms with van der Waals surface area (Å²) in [5, 5.41) is 14.2. The Hall–Kier alpha value is -3.09. The molecule has 2 aromatic heterocycles. The summed E-state index contributed by atoms with van der Waals surface area (Å²) in [5.74, 6) is -1.00. The van der Waals surface area contributed by atoms with Gasteiger partial charge in [0.1, 0.15) is 0 Å². The Labute approximate surface area is 143 Å². The number of H-pyrrole nitrogens is 1. The van der Waals surface area contributed by atoms with E-state index < -0.39 is 5.97 Å². The molecule has 1 aliphatic heterocycles. The first-order valence-electron chi connectivity index (χ1n) is 8.26. The number of rotatable bonds is 3. The maximum absolute atomic E-state index is 13.0. The van der Waals surface area contributed by atoms with Gasteiger partial charge in [-0.1, -0.05) is 12.1 Å². The topological polar surface area (TPSA) is 91.2 Å². The van der Waals surface area contributed by atoms with E-state index in [0.717, 1.165) is 23.7 Å². The predicted octanol–water partition coefficient (Wildman–Crippen LogP) is 2.54. The smallest absolute Gasteiger partial charge is 0.338 e. The normalized spacial score (nSPS) is 17.8. The van der Waals surface area contributed by atoms with Crippen LogP contribution in [-0.2, 0) is 0 Å². The van der Waals surface area contributed by atoms with Crippen LogP contribution in [0, 0.1) is 0 Å². The first-order valence-corrected chi connectivity index (χ1v) is 8.26. The predicted molar refractivity (Wildman–Crippen MR) is 91.7 cm³/mol. The number of carbonyl (C=O) groups is 2. The Morgan fingerprint density at radius 1 is 1.28 bits per heavy atom. The number of aromatic nitrogens is 3. The number of nitrogens with zero attached hydrogens (tertiary/aromatic N) is 3. The minimum Gasteiger partial charge on any atom is -0.478 e. The molecule has 1 amide bonds. The standard InChI is InChI=1S/C18H18N4O3/c23-17(15-5-1-3-12-6-7-19-16(12)15)21-8-2-4-14(11-21)22-10-13(9-20-22)18(24)25/h1,3,5-7,9-10,14,19H,2,4,8,11H2,(H,24,25)/t14-/m0/s1. The molecule has 7 heteroatoms. The first kappa shape index (κ1) is 15.4. The second kappa shape index (κ2) is 6.08. The highest BCUT2D eigenvalue weighted by molar-refractivity contribution is 6.05. The molecular formula is C18H18N4O3. The molecule has 0 saturated carbocycles. The van der Waals surface area contributed by atoms with Crippen LogP contribution >= 0.6 is 0 Å². The molecule has 1 aliphatic rings. The summed E-state index contributed by atoms with van der Waals surface area (Å²) in [6, 6.07) is 7.63. The lowest BCUT2D eigenvalue weighted by molar-refractivity contribution is 0.0667. The molecule has 1 fully saturated rings.